The van der Waals surface area contributed by atoms with E-state index in [1.165, 1.54) is 33.0 Å². The molecule has 0 aliphatic heterocycles. The van der Waals surface area contributed by atoms with Crippen LogP contribution >= 0.6 is 0 Å². The molecule has 1 aliphatic rings. The third-order valence-electron chi connectivity index (χ3n) is 22.5. The number of fused-ring (bicyclic) bond motifs is 17. The van der Waals surface area contributed by atoms with Gasteiger partial charge in [0.15, 0.2) is 0 Å². The van der Waals surface area contributed by atoms with E-state index in [4.69, 9.17) is 18.8 Å². The molecule has 109 heavy (non-hydrogen) atoms. The Morgan fingerprint density at radius 3 is 1.77 bits per heavy atom. The van der Waals surface area contributed by atoms with Crippen molar-refractivity contribution in [3.63, 3.8) is 0 Å². The van der Waals surface area contributed by atoms with E-state index in [1.807, 2.05) is 42.6 Å². The van der Waals surface area contributed by atoms with E-state index in [1.54, 1.807) is 0 Å². The summed E-state index contributed by atoms with van der Waals surface area (Å²) >= 11 is 0. The smallest absolute Gasteiger partial charge is 0.144 e. The quantitative estimate of drug-likeness (QED) is 0.0895. The van der Waals surface area contributed by atoms with Crippen LogP contribution < -0.4 is 9.80 Å². The van der Waals surface area contributed by atoms with Gasteiger partial charge in [-0.15, -0.1) is 0 Å². The van der Waals surface area contributed by atoms with Gasteiger partial charge in [-0.3, -0.25) is 4.90 Å². The van der Waals surface area contributed by atoms with Gasteiger partial charge in [0.1, 0.15) is 28.1 Å². The summed E-state index contributed by atoms with van der Waals surface area (Å²) in [6, 6.07) is 128. The lowest BCUT2D eigenvalue weighted by atomic mass is 9.82. The first-order valence-electron chi connectivity index (χ1n) is 37.1. The average Bonchev–Trinajstić information content (AvgIpc) is 1.64. The normalized spacial score (nSPS) is 12.6. The van der Waals surface area contributed by atoms with Gasteiger partial charge in [-0.25, -0.2) is 9.98 Å². The van der Waals surface area contributed by atoms with Crippen LogP contribution in [0.2, 0.25) is 0 Å². The number of pyridine rings is 1. The molecule has 0 fully saturated rings. The zero-order valence-electron chi connectivity index (χ0n) is 59.6. The highest BCUT2D eigenvalue weighted by molar-refractivity contribution is 6.39. The molecule has 0 N–H and O–H groups in total. The van der Waals surface area contributed by atoms with Crippen molar-refractivity contribution in [2.45, 2.75) is 19.3 Å². The van der Waals surface area contributed by atoms with Crippen molar-refractivity contribution in [3.05, 3.63) is 386 Å². The van der Waals surface area contributed by atoms with Crippen LogP contribution in [0.5, 0.6) is 0 Å². The summed E-state index contributed by atoms with van der Waals surface area (Å²) < 4.78 is 15.4. The van der Waals surface area contributed by atoms with Crippen LogP contribution in [-0.2, 0) is 5.41 Å². The number of anilines is 6. The van der Waals surface area contributed by atoms with Gasteiger partial charge in [-0.05, 0) is 180 Å². The van der Waals surface area contributed by atoms with Gasteiger partial charge in [-0.1, -0.05) is 263 Å². The number of furan rings is 2. The summed E-state index contributed by atoms with van der Waals surface area (Å²) in [5, 5.41) is 25.0. The van der Waals surface area contributed by atoms with Gasteiger partial charge in [0.25, 0.3) is 0 Å². The largest absolute Gasteiger partial charge is 0.456 e. The van der Waals surface area contributed by atoms with Crippen LogP contribution in [0.15, 0.2) is 372 Å². The highest BCUT2D eigenvalue weighted by Crippen LogP contribution is 2.56. The summed E-state index contributed by atoms with van der Waals surface area (Å²) in [6.07, 6.45) is 1.93. The Morgan fingerprint density at radius 1 is 0.358 bits per heavy atom. The lowest BCUT2D eigenvalue weighted by molar-refractivity contribution is 0.660. The number of aliphatic imine (C=N–C) groups is 1. The maximum absolute atomic E-state index is 11.3. The van der Waals surface area contributed by atoms with Crippen LogP contribution in [0.25, 0.3) is 142 Å². The van der Waals surface area contributed by atoms with Crippen LogP contribution in [-0.4, -0.2) is 10.7 Å². The summed E-state index contributed by atoms with van der Waals surface area (Å²) in [6.45, 7) is 4.68. The number of benzene rings is 17. The first-order chi connectivity index (χ1) is 53.8. The Kier molecular flexibility index (Phi) is 14.5. The van der Waals surface area contributed by atoms with Crippen molar-refractivity contribution in [3.8, 4) is 50.6 Å². The third-order valence-corrected chi connectivity index (χ3v) is 22.5. The summed E-state index contributed by atoms with van der Waals surface area (Å²) in [5.41, 5.74) is 21.9. The Hall–Kier alpha value is -14.5. The zero-order chi connectivity index (χ0) is 72.4. The minimum absolute atomic E-state index is 0.349. The van der Waals surface area contributed by atoms with Crippen molar-refractivity contribution in [1.82, 2.24) is 4.98 Å². The van der Waals surface area contributed by atoms with E-state index in [-0.39, 0.29) is 5.41 Å². The summed E-state index contributed by atoms with van der Waals surface area (Å²) in [4.78, 5) is 16.0. The lowest BCUT2D eigenvalue weighted by Gasteiger charge is -2.29. The fourth-order valence-corrected chi connectivity index (χ4v) is 17.5. The van der Waals surface area contributed by atoms with Crippen molar-refractivity contribution >= 4 is 143 Å². The molecule has 1 aliphatic carbocycles. The molecular formula is C102H65N5O2. The SMILES string of the molecule is CC1(C)c2ccccc2-c2ccc(N(c3cc(-c4ccccc4)ccn3)c3cc4c(C(=Nc5ccccc5)c5ccccc5)cc5oc6cc(N(c7cccc8ccccc78)c7cc(-c8cccc9ccccc89)cc8ccccc78)ccc6c5c4c4c3cc(-c3ccccc3)c3c4oc4cccc(C#N)c43)cc21. The molecule has 0 atom stereocenters. The van der Waals surface area contributed by atoms with E-state index >= 15 is 0 Å². The van der Waals surface area contributed by atoms with Crippen molar-refractivity contribution in [2.24, 2.45) is 4.99 Å². The molecule has 0 saturated carbocycles. The van der Waals surface area contributed by atoms with E-state index < -0.39 is 0 Å². The Bertz CT molecular complexity index is 7200. The molecule has 20 aromatic rings. The summed E-state index contributed by atoms with van der Waals surface area (Å²) in [5.74, 6) is 0.712. The molecular weight excluding hydrogens is 1330 g/mol. The predicted octanol–water partition coefficient (Wildman–Crippen LogP) is 27.9. The first-order valence-corrected chi connectivity index (χ1v) is 37.1. The zero-order valence-corrected chi connectivity index (χ0v) is 59.6. The second-order valence-electron chi connectivity index (χ2n) is 29.0. The minimum Gasteiger partial charge on any atom is -0.456 e. The molecule has 17 aromatic carbocycles. The molecule has 0 amide bonds. The lowest BCUT2D eigenvalue weighted by Crippen LogP contribution is -2.17. The molecule has 7 nitrogen and oxygen atoms in total. The number of para-hydroxylation sites is 1. The molecule has 0 bridgehead atoms. The fourth-order valence-electron chi connectivity index (χ4n) is 17.5. The van der Waals surface area contributed by atoms with Gasteiger partial charge >= 0.3 is 0 Å². The summed E-state index contributed by atoms with van der Waals surface area (Å²) in [7, 11) is 0. The predicted molar refractivity (Wildman–Crippen MR) is 452 cm³/mol. The maximum atomic E-state index is 11.3. The number of nitrogens with zero attached hydrogens (tertiary/aromatic N) is 5. The molecule has 7 heteroatoms. The topological polar surface area (TPSA) is 81.8 Å². The number of hydrogen-bond acceptors (Lipinski definition) is 7. The second kappa shape index (κ2) is 25.1. The minimum atomic E-state index is -0.349. The molecule has 21 rings (SSSR count). The van der Waals surface area contributed by atoms with Crippen molar-refractivity contribution in [1.29, 1.82) is 5.26 Å². The van der Waals surface area contributed by atoms with E-state index in [9.17, 15) is 5.26 Å². The Morgan fingerprint density at radius 2 is 0.982 bits per heavy atom. The molecule has 0 unspecified atom stereocenters. The standard InChI is InChI=1S/C102H65N5O2/c1-102(2)86-45-22-21-43-79(86)80-50-48-73(57-87(80)102)107(94-56-68(52-53-104-94)63-26-7-3-8-27-63)90-60-83-84(100(67-32-11-5-12-33-67)105-72-38-13-6-14-39-72)61-93-96(97(83)99-85(90)59-82(66-28-9-4-10-29-66)98-95-70(62-103)37-25-47-91(95)109-101(98)99)81-51-49-74(58-92(81)108-93)106(88-46-24-36-65-31-16-19-41-77(65)88)89-55-71(54-69-34-17-20-42-78(69)89)76-44-23-35-64-30-15-18-40-75(64)76/h3-61H,1-2H3. The van der Waals surface area contributed by atoms with Gasteiger partial charge in [0, 0.05) is 88.7 Å². The van der Waals surface area contributed by atoms with Crippen molar-refractivity contribution < 1.29 is 8.83 Å². The third kappa shape index (κ3) is 10.2. The van der Waals surface area contributed by atoms with E-state index in [0.717, 1.165) is 149 Å². The highest BCUT2D eigenvalue weighted by atomic mass is 16.3. The number of nitriles is 1. The second-order valence-corrected chi connectivity index (χ2v) is 29.0. The van der Waals surface area contributed by atoms with Crippen molar-refractivity contribution in [2.75, 3.05) is 9.80 Å². The molecule has 0 saturated heterocycles. The van der Waals surface area contributed by atoms with Gasteiger partial charge < -0.3 is 13.7 Å². The number of rotatable bonds is 12. The molecule has 3 heterocycles. The van der Waals surface area contributed by atoms with Crippen LogP contribution in [0, 0.1) is 11.3 Å². The molecule has 510 valence electrons. The van der Waals surface area contributed by atoms with Gasteiger partial charge in [0.05, 0.1) is 40.1 Å². The first kappa shape index (κ1) is 63.1. The van der Waals surface area contributed by atoms with Gasteiger partial charge in [-0.2, -0.15) is 5.26 Å². The Balaban J connectivity index is 0.929. The van der Waals surface area contributed by atoms with E-state index in [2.05, 4.69) is 345 Å². The molecule has 0 radical (unpaired) electrons. The maximum Gasteiger partial charge on any atom is 0.144 e. The monoisotopic (exact) mass is 1390 g/mol. The Labute approximate surface area is 629 Å². The highest BCUT2D eigenvalue weighted by Gasteiger charge is 2.37. The van der Waals surface area contributed by atoms with Crippen LogP contribution in [0.3, 0.4) is 0 Å². The number of hydrogen-bond donors (Lipinski definition) is 0. The number of aromatic nitrogens is 1. The van der Waals surface area contributed by atoms with Crippen LogP contribution in [0.4, 0.5) is 39.9 Å². The van der Waals surface area contributed by atoms with Gasteiger partial charge in [0.2, 0.25) is 0 Å². The molecule has 0 spiro atoms. The van der Waals surface area contributed by atoms with E-state index in [0.29, 0.717) is 33.7 Å². The van der Waals surface area contributed by atoms with Crippen LogP contribution in [0.1, 0.15) is 41.7 Å². The average molecular weight is 1390 g/mol. The molecule has 3 aromatic heterocycles. The fraction of sp³-hybridized carbons (Fsp3) is 0.0294.